The van der Waals surface area contributed by atoms with Gasteiger partial charge in [-0.25, -0.2) is 4.79 Å². The van der Waals surface area contributed by atoms with Crippen LogP contribution in [0.15, 0.2) is 0 Å². The number of nitrogens with zero attached hydrogens (tertiary/aromatic N) is 3. The molecule has 1 saturated heterocycles. The summed E-state index contributed by atoms with van der Waals surface area (Å²) in [6.45, 7) is 3.77. The molecule has 1 N–H and O–H groups in total. The third-order valence-corrected chi connectivity index (χ3v) is 3.77. The van der Waals surface area contributed by atoms with E-state index in [-0.39, 0.29) is 18.5 Å². The number of carbonyl (C=O) groups is 3. The Morgan fingerprint density at radius 2 is 1.65 bits per heavy atom. The maximum atomic E-state index is 12.4. The van der Waals surface area contributed by atoms with E-state index in [4.69, 9.17) is 5.11 Å². The molecule has 3 amide bonds. The molecule has 0 aromatic rings. The second kappa shape index (κ2) is 6.11. The Hall–Kier alpha value is -1.79. The van der Waals surface area contributed by atoms with Gasteiger partial charge in [0.05, 0.1) is 0 Å². The van der Waals surface area contributed by atoms with Gasteiger partial charge in [0.1, 0.15) is 6.54 Å². The zero-order chi connectivity index (χ0) is 14.7. The topological polar surface area (TPSA) is 81.2 Å². The molecule has 0 spiro atoms. The molecule has 1 aliphatic heterocycles. The average Bonchev–Trinajstić information content (AvgIpc) is 3.20. The van der Waals surface area contributed by atoms with Gasteiger partial charge in [0.2, 0.25) is 5.91 Å². The number of amides is 3. The Morgan fingerprint density at radius 3 is 2.10 bits per heavy atom. The summed E-state index contributed by atoms with van der Waals surface area (Å²) in [4.78, 5) is 39.2. The molecular formula is C13H21N3O4. The van der Waals surface area contributed by atoms with Crippen molar-refractivity contribution >= 4 is 17.9 Å². The fraction of sp³-hybridized carbons (Fsp3) is 0.769. The minimum absolute atomic E-state index is 0.0115. The smallest absolute Gasteiger partial charge is 0.323 e. The Labute approximate surface area is 118 Å². The summed E-state index contributed by atoms with van der Waals surface area (Å²) in [6.07, 6.45) is 2.14. The second-order valence-electron chi connectivity index (χ2n) is 5.49. The van der Waals surface area contributed by atoms with Crippen LogP contribution in [0.3, 0.4) is 0 Å². The Morgan fingerprint density at radius 1 is 1.10 bits per heavy atom. The zero-order valence-electron chi connectivity index (χ0n) is 11.7. The van der Waals surface area contributed by atoms with E-state index >= 15 is 0 Å². The Kier molecular flexibility index (Phi) is 4.46. The first kappa shape index (κ1) is 14.6. The number of rotatable bonds is 4. The minimum Gasteiger partial charge on any atom is -0.480 e. The van der Waals surface area contributed by atoms with Gasteiger partial charge in [0.25, 0.3) is 0 Å². The van der Waals surface area contributed by atoms with E-state index in [2.05, 4.69) is 0 Å². The van der Waals surface area contributed by atoms with E-state index in [1.807, 2.05) is 0 Å². The van der Waals surface area contributed by atoms with Crippen molar-refractivity contribution in [3.63, 3.8) is 0 Å². The Bertz CT molecular complexity index is 400. The molecule has 2 aliphatic rings. The molecule has 20 heavy (non-hydrogen) atoms. The lowest BCUT2D eigenvalue weighted by Gasteiger charge is -2.36. The van der Waals surface area contributed by atoms with Crippen molar-refractivity contribution in [2.45, 2.75) is 19.8 Å². The molecule has 112 valence electrons. The summed E-state index contributed by atoms with van der Waals surface area (Å²) >= 11 is 0. The van der Waals surface area contributed by atoms with E-state index < -0.39 is 5.97 Å². The fourth-order valence-corrected chi connectivity index (χ4v) is 2.40. The molecule has 1 aliphatic carbocycles. The maximum absolute atomic E-state index is 12.4. The van der Waals surface area contributed by atoms with Crippen molar-refractivity contribution in [2.24, 2.45) is 5.92 Å². The van der Waals surface area contributed by atoms with Crippen molar-refractivity contribution in [2.75, 3.05) is 39.3 Å². The summed E-state index contributed by atoms with van der Waals surface area (Å²) in [5, 5.41) is 8.91. The summed E-state index contributed by atoms with van der Waals surface area (Å²) in [7, 11) is 0. The van der Waals surface area contributed by atoms with Crippen LogP contribution in [0.4, 0.5) is 4.79 Å². The lowest BCUT2D eigenvalue weighted by Crippen LogP contribution is -2.54. The maximum Gasteiger partial charge on any atom is 0.323 e. The molecule has 0 radical (unpaired) electrons. The molecule has 0 bridgehead atoms. The average molecular weight is 283 g/mol. The summed E-state index contributed by atoms with van der Waals surface area (Å²) in [5.41, 5.74) is 0. The first-order valence-electron chi connectivity index (χ1n) is 6.98. The van der Waals surface area contributed by atoms with Gasteiger partial charge in [-0.15, -0.1) is 0 Å². The van der Waals surface area contributed by atoms with Gasteiger partial charge in [-0.2, -0.15) is 0 Å². The lowest BCUT2D eigenvalue weighted by atomic mass is 10.3. The molecule has 0 atom stereocenters. The predicted molar refractivity (Wildman–Crippen MR) is 71.2 cm³/mol. The monoisotopic (exact) mass is 283 g/mol. The standard InChI is InChI=1S/C13H21N3O4/c1-10(17)14-4-6-15(7-5-14)13(20)16(9-12(18)19)8-11-2-3-11/h11H,2-9H2,1H3,(H,18,19). The highest BCUT2D eigenvalue weighted by atomic mass is 16.4. The van der Waals surface area contributed by atoms with Gasteiger partial charge in [0.15, 0.2) is 0 Å². The van der Waals surface area contributed by atoms with Crippen molar-refractivity contribution < 1.29 is 19.5 Å². The second-order valence-corrected chi connectivity index (χ2v) is 5.49. The SMILES string of the molecule is CC(=O)N1CCN(C(=O)N(CC(=O)O)CC2CC2)CC1. The number of carboxylic acids is 1. The highest BCUT2D eigenvalue weighted by Crippen LogP contribution is 2.30. The van der Waals surface area contributed by atoms with Crippen LogP contribution in [0.2, 0.25) is 0 Å². The molecule has 2 fully saturated rings. The number of piperazine rings is 1. The van der Waals surface area contributed by atoms with Crippen LogP contribution in [0.25, 0.3) is 0 Å². The zero-order valence-corrected chi connectivity index (χ0v) is 11.7. The molecule has 7 heteroatoms. The number of urea groups is 1. The normalized spacial score (nSPS) is 18.9. The van der Waals surface area contributed by atoms with Crippen molar-refractivity contribution in [1.29, 1.82) is 0 Å². The van der Waals surface area contributed by atoms with Gasteiger partial charge in [-0.05, 0) is 18.8 Å². The van der Waals surface area contributed by atoms with Crippen molar-refractivity contribution in [1.82, 2.24) is 14.7 Å². The quantitative estimate of drug-likeness (QED) is 0.791. The molecule has 7 nitrogen and oxygen atoms in total. The first-order chi connectivity index (χ1) is 9.47. The largest absolute Gasteiger partial charge is 0.480 e. The molecular weight excluding hydrogens is 262 g/mol. The van der Waals surface area contributed by atoms with Gasteiger partial charge < -0.3 is 19.8 Å². The van der Waals surface area contributed by atoms with E-state index in [1.54, 1.807) is 9.80 Å². The summed E-state index contributed by atoms with van der Waals surface area (Å²) in [6, 6.07) is -0.220. The van der Waals surface area contributed by atoms with E-state index in [1.165, 1.54) is 11.8 Å². The van der Waals surface area contributed by atoms with Crippen LogP contribution in [0.1, 0.15) is 19.8 Å². The summed E-state index contributed by atoms with van der Waals surface area (Å²) < 4.78 is 0. The number of aliphatic carboxylic acids is 1. The van der Waals surface area contributed by atoms with Gasteiger partial charge >= 0.3 is 12.0 Å². The molecule has 1 heterocycles. The minimum atomic E-state index is -0.985. The molecule has 1 saturated carbocycles. The Balaban J connectivity index is 1.90. The van der Waals surface area contributed by atoms with E-state index in [0.717, 1.165) is 12.8 Å². The predicted octanol–water partition coefficient (Wildman–Crippen LogP) is 0.0671. The van der Waals surface area contributed by atoms with Crippen LogP contribution in [0, 0.1) is 5.92 Å². The van der Waals surface area contributed by atoms with Gasteiger partial charge in [0, 0.05) is 39.6 Å². The van der Waals surface area contributed by atoms with Crippen LogP contribution in [0.5, 0.6) is 0 Å². The fourth-order valence-electron chi connectivity index (χ4n) is 2.40. The number of hydrogen-bond acceptors (Lipinski definition) is 3. The highest BCUT2D eigenvalue weighted by Gasteiger charge is 2.31. The van der Waals surface area contributed by atoms with Crippen LogP contribution in [-0.4, -0.2) is 77.0 Å². The number of hydrogen-bond donors (Lipinski definition) is 1. The summed E-state index contributed by atoms with van der Waals surface area (Å²) in [5.74, 6) is -0.518. The van der Waals surface area contributed by atoms with E-state index in [9.17, 15) is 14.4 Å². The third-order valence-electron chi connectivity index (χ3n) is 3.77. The third kappa shape index (κ3) is 3.85. The molecule has 0 unspecified atom stereocenters. The number of carboxylic acid groups (broad SMARTS) is 1. The van der Waals surface area contributed by atoms with Crippen molar-refractivity contribution in [3.8, 4) is 0 Å². The van der Waals surface area contributed by atoms with E-state index in [0.29, 0.717) is 38.6 Å². The first-order valence-corrected chi connectivity index (χ1v) is 6.98. The number of carbonyl (C=O) groups excluding carboxylic acids is 2. The van der Waals surface area contributed by atoms with Crippen LogP contribution >= 0.6 is 0 Å². The molecule has 0 aromatic carbocycles. The van der Waals surface area contributed by atoms with Crippen LogP contribution in [-0.2, 0) is 9.59 Å². The molecule has 2 rings (SSSR count). The van der Waals surface area contributed by atoms with Gasteiger partial charge in [-0.1, -0.05) is 0 Å². The lowest BCUT2D eigenvalue weighted by molar-refractivity contribution is -0.137. The molecule has 0 aromatic heterocycles. The van der Waals surface area contributed by atoms with Crippen molar-refractivity contribution in [3.05, 3.63) is 0 Å². The van der Waals surface area contributed by atoms with Crippen LogP contribution < -0.4 is 0 Å². The highest BCUT2D eigenvalue weighted by molar-refractivity contribution is 5.80. The van der Waals surface area contributed by atoms with Gasteiger partial charge in [-0.3, -0.25) is 9.59 Å².